The van der Waals surface area contributed by atoms with E-state index in [0.717, 1.165) is 28.3 Å². The molecule has 1 aromatic rings. The number of aryl methyl sites for hydroxylation is 1. The van der Waals surface area contributed by atoms with Gasteiger partial charge in [0.05, 0.1) is 0 Å². The van der Waals surface area contributed by atoms with Crippen LogP contribution in [0.4, 0.5) is 0 Å². The van der Waals surface area contributed by atoms with Crippen molar-refractivity contribution >= 4 is 10.0 Å². The molecule has 8 nitrogen and oxygen atoms in total. The molecule has 0 bridgehead atoms. The third-order valence-corrected chi connectivity index (χ3v) is 5.62. The number of nitrogens with zero attached hydrogens (tertiary/aromatic N) is 3. The van der Waals surface area contributed by atoms with E-state index in [9.17, 15) is 18.0 Å². The standard InChI is InChI=1S/C12H20N4O4S/c1-13-6-9-4-5-16(7-9)21(19,20)10-8-14(2)12(18)15(3)11(10)17/h8-9,13H,4-7H2,1-3H3. The first-order chi connectivity index (χ1) is 9.78. The van der Waals surface area contributed by atoms with Gasteiger partial charge in [0.25, 0.3) is 5.56 Å². The van der Waals surface area contributed by atoms with E-state index in [1.54, 1.807) is 0 Å². The molecule has 118 valence electrons. The van der Waals surface area contributed by atoms with Gasteiger partial charge in [-0.15, -0.1) is 0 Å². The van der Waals surface area contributed by atoms with Crippen LogP contribution < -0.4 is 16.6 Å². The molecule has 1 unspecified atom stereocenters. The van der Waals surface area contributed by atoms with Crippen LogP contribution in [0.2, 0.25) is 0 Å². The quantitative estimate of drug-likeness (QED) is 0.716. The number of rotatable bonds is 4. The van der Waals surface area contributed by atoms with E-state index in [1.807, 2.05) is 7.05 Å². The highest BCUT2D eigenvalue weighted by Gasteiger charge is 2.34. The van der Waals surface area contributed by atoms with E-state index >= 15 is 0 Å². The van der Waals surface area contributed by atoms with Gasteiger partial charge in [-0.2, -0.15) is 4.31 Å². The van der Waals surface area contributed by atoms with Crippen LogP contribution in [0.1, 0.15) is 6.42 Å². The maximum Gasteiger partial charge on any atom is 0.330 e. The largest absolute Gasteiger partial charge is 0.330 e. The van der Waals surface area contributed by atoms with Gasteiger partial charge in [0.15, 0.2) is 4.90 Å². The van der Waals surface area contributed by atoms with Gasteiger partial charge in [-0.25, -0.2) is 13.2 Å². The summed E-state index contributed by atoms with van der Waals surface area (Å²) in [5.74, 6) is 0.237. The first-order valence-electron chi connectivity index (χ1n) is 6.70. The molecule has 0 amide bonds. The predicted octanol–water partition coefficient (Wildman–Crippen LogP) is -1.69. The van der Waals surface area contributed by atoms with Crippen LogP contribution in [0.15, 0.2) is 20.7 Å². The summed E-state index contributed by atoms with van der Waals surface area (Å²) in [7, 11) is 0.650. The fourth-order valence-electron chi connectivity index (χ4n) is 2.56. The lowest BCUT2D eigenvalue weighted by molar-refractivity contribution is 0.448. The lowest BCUT2D eigenvalue weighted by Gasteiger charge is -2.17. The zero-order valence-electron chi connectivity index (χ0n) is 12.4. The first-order valence-corrected chi connectivity index (χ1v) is 8.14. The Balaban J connectivity index is 2.42. The molecule has 21 heavy (non-hydrogen) atoms. The molecule has 0 saturated carbocycles. The van der Waals surface area contributed by atoms with Gasteiger partial charge in [-0.1, -0.05) is 0 Å². The Labute approximate surface area is 123 Å². The Hall–Kier alpha value is -1.45. The molecule has 0 aromatic carbocycles. The van der Waals surface area contributed by atoms with Crippen LogP contribution in [0.3, 0.4) is 0 Å². The number of nitrogens with one attached hydrogen (secondary N) is 1. The number of sulfonamides is 1. The summed E-state index contributed by atoms with van der Waals surface area (Å²) in [5.41, 5.74) is -1.33. The molecule has 1 aromatic heterocycles. The molecule has 1 aliphatic heterocycles. The maximum atomic E-state index is 12.6. The van der Waals surface area contributed by atoms with Crippen LogP contribution >= 0.6 is 0 Å². The van der Waals surface area contributed by atoms with Crippen molar-refractivity contribution < 1.29 is 8.42 Å². The Kier molecular flexibility index (Phi) is 4.35. The van der Waals surface area contributed by atoms with E-state index in [4.69, 9.17) is 0 Å². The smallest absolute Gasteiger partial charge is 0.319 e. The van der Waals surface area contributed by atoms with Gasteiger partial charge in [-0.05, 0) is 25.9 Å². The molecule has 2 heterocycles. The van der Waals surface area contributed by atoms with E-state index in [2.05, 4.69) is 5.32 Å². The monoisotopic (exact) mass is 316 g/mol. The van der Waals surface area contributed by atoms with Crippen molar-refractivity contribution in [1.82, 2.24) is 18.8 Å². The SMILES string of the molecule is CNCC1CCN(S(=O)(=O)c2cn(C)c(=O)n(C)c2=O)C1. The minimum Gasteiger partial charge on any atom is -0.319 e. The van der Waals surface area contributed by atoms with Crippen LogP contribution in [0.25, 0.3) is 0 Å². The van der Waals surface area contributed by atoms with Gasteiger partial charge in [0.1, 0.15) is 0 Å². The average Bonchev–Trinajstić information content (AvgIpc) is 2.90. The van der Waals surface area contributed by atoms with E-state index < -0.39 is 21.3 Å². The summed E-state index contributed by atoms with van der Waals surface area (Å²) in [6, 6.07) is 0. The van der Waals surface area contributed by atoms with Crippen LogP contribution in [0.5, 0.6) is 0 Å². The minimum absolute atomic E-state index is 0.237. The second kappa shape index (κ2) is 5.74. The van der Waals surface area contributed by atoms with E-state index in [1.165, 1.54) is 18.4 Å². The fourth-order valence-corrected chi connectivity index (χ4v) is 4.24. The van der Waals surface area contributed by atoms with E-state index in [-0.39, 0.29) is 10.8 Å². The minimum atomic E-state index is -3.87. The molecule has 9 heteroatoms. The Morgan fingerprint density at radius 2 is 2.00 bits per heavy atom. The summed E-state index contributed by atoms with van der Waals surface area (Å²) in [4.78, 5) is 23.4. The van der Waals surface area contributed by atoms with Crippen molar-refractivity contribution in [3.8, 4) is 0 Å². The third kappa shape index (κ3) is 2.81. The molecule has 0 aliphatic carbocycles. The summed E-state index contributed by atoms with van der Waals surface area (Å²) < 4.78 is 28.4. The number of hydrogen-bond donors (Lipinski definition) is 1. The number of hydrogen-bond acceptors (Lipinski definition) is 5. The molecule has 1 saturated heterocycles. The van der Waals surface area contributed by atoms with Gasteiger partial charge in [0, 0.05) is 33.4 Å². The predicted molar refractivity (Wildman–Crippen MR) is 77.7 cm³/mol. The van der Waals surface area contributed by atoms with Gasteiger partial charge in [-0.3, -0.25) is 9.36 Å². The zero-order chi connectivity index (χ0) is 15.8. The highest BCUT2D eigenvalue weighted by atomic mass is 32.2. The summed E-state index contributed by atoms with van der Waals surface area (Å²) in [5, 5.41) is 3.03. The van der Waals surface area contributed by atoms with Crippen LogP contribution in [0, 0.1) is 5.92 Å². The van der Waals surface area contributed by atoms with Gasteiger partial charge < -0.3 is 9.88 Å². The topological polar surface area (TPSA) is 93.4 Å². The zero-order valence-corrected chi connectivity index (χ0v) is 13.2. The molecule has 1 fully saturated rings. The van der Waals surface area contributed by atoms with Crippen molar-refractivity contribution in [2.24, 2.45) is 20.0 Å². The van der Waals surface area contributed by atoms with Crippen LogP contribution in [-0.2, 0) is 24.1 Å². The molecule has 1 aliphatic rings. The molecule has 0 radical (unpaired) electrons. The highest BCUT2D eigenvalue weighted by molar-refractivity contribution is 7.89. The lowest BCUT2D eigenvalue weighted by Crippen LogP contribution is -2.42. The maximum absolute atomic E-state index is 12.6. The van der Waals surface area contributed by atoms with Crippen molar-refractivity contribution in [1.29, 1.82) is 0 Å². The van der Waals surface area contributed by atoms with E-state index in [0.29, 0.717) is 13.1 Å². The number of aromatic nitrogens is 2. The Bertz CT molecular complexity index is 750. The highest BCUT2D eigenvalue weighted by Crippen LogP contribution is 2.21. The molecule has 0 spiro atoms. The molecule has 1 atom stereocenters. The second-order valence-corrected chi connectivity index (χ2v) is 7.23. The van der Waals surface area contributed by atoms with Crippen molar-refractivity contribution in [3.63, 3.8) is 0 Å². The summed E-state index contributed by atoms with van der Waals surface area (Å²) in [6.07, 6.45) is 1.86. The normalized spacial score (nSPS) is 20.0. The summed E-state index contributed by atoms with van der Waals surface area (Å²) in [6.45, 7) is 1.51. The lowest BCUT2D eigenvalue weighted by atomic mass is 10.1. The Morgan fingerprint density at radius 3 is 2.62 bits per heavy atom. The van der Waals surface area contributed by atoms with Crippen molar-refractivity contribution in [2.75, 3.05) is 26.7 Å². The Morgan fingerprint density at radius 1 is 1.33 bits per heavy atom. The molecular formula is C12H20N4O4S. The van der Waals surface area contributed by atoms with Crippen LogP contribution in [-0.4, -0.2) is 48.5 Å². The molecule has 1 N–H and O–H groups in total. The van der Waals surface area contributed by atoms with Gasteiger partial charge >= 0.3 is 5.69 Å². The van der Waals surface area contributed by atoms with Crippen molar-refractivity contribution in [3.05, 3.63) is 27.0 Å². The average molecular weight is 316 g/mol. The summed E-state index contributed by atoms with van der Waals surface area (Å²) >= 11 is 0. The first kappa shape index (κ1) is 15.9. The fraction of sp³-hybridized carbons (Fsp3) is 0.667. The molecule has 2 rings (SSSR count). The third-order valence-electron chi connectivity index (χ3n) is 3.77. The molecular weight excluding hydrogens is 296 g/mol. The second-order valence-electron chi connectivity index (χ2n) is 5.33. The van der Waals surface area contributed by atoms with Gasteiger partial charge in [0.2, 0.25) is 10.0 Å². The van der Waals surface area contributed by atoms with Crippen molar-refractivity contribution in [2.45, 2.75) is 11.3 Å².